The van der Waals surface area contributed by atoms with Gasteiger partial charge in [-0.3, -0.25) is 4.79 Å². The lowest BCUT2D eigenvalue weighted by Gasteiger charge is -2.05. The number of halogens is 1. The molecule has 1 heterocycles. The SMILES string of the molecule is C/C(=C/c1cccc(Cl)c1)C(=O)NCCCc1nccs1. The van der Waals surface area contributed by atoms with Crippen LogP contribution >= 0.6 is 22.9 Å². The summed E-state index contributed by atoms with van der Waals surface area (Å²) < 4.78 is 0. The molecule has 0 spiro atoms. The minimum absolute atomic E-state index is 0.0471. The van der Waals surface area contributed by atoms with Crippen molar-refractivity contribution < 1.29 is 4.79 Å². The zero-order chi connectivity index (χ0) is 15.1. The quantitative estimate of drug-likeness (QED) is 0.647. The molecule has 0 saturated heterocycles. The van der Waals surface area contributed by atoms with Gasteiger partial charge in [0.05, 0.1) is 5.01 Å². The fraction of sp³-hybridized carbons (Fsp3) is 0.250. The Morgan fingerprint density at radius 2 is 2.33 bits per heavy atom. The molecule has 21 heavy (non-hydrogen) atoms. The van der Waals surface area contributed by atoms with E-state index < -0.39 is 0 Å². The van der Waals surface area contributed by atoms with E-state index >= 15 is 0 Å². The number of nitrogens with one attached hydrogen (secondary N) is 1. The van der Waals surface area contributed by atoms with Crippen molar-refractivity contribution in [3.8, 4) is 0 Å². The zero-order valence-electron chi connectivity index (χ0n) is 11.8. The van der Waals surface area contributed by atoms with Crippen LogP contribution in [0.4, 0.5) is 0 Å². The minimum atomic E-state index is -0.0471. The van der Waals surface area contributed by atoms with Crippen molar-refractivity contribution in [1.29, 1.82) is 0 Å². The average molecular weight is 321 g/mol. The standard InChI is InChI=1S/C16H17ClN2OS/c1-12(10-13-4-2-5-14(17)11-13)16(20)19-7-3-6-15-18-8-9-21-15/h2,4-5,8-11H,3,6-7H2,1H3,(H,19,20)/b12-10-. The zero-order valence-corrected chi connectivity index (χ0v) is 13.4. The van der Waals surface area contributed by atoms with Crippen molar-refractivity contribution in [2.45, 2.75) is 19.8 Å². The minimum Gasteiger partial charge on any atom is -0.352 e. The van der Waals surface area contributed by atoms with Crippen LogP contribution in [0.3, 0.4) is 0 Å². The summed E-state index contributed by atoms with van der Waals surface area (Å²) in [5.74, 6) is -0.0471. The first-order valence-electron chi connectivity index (χ1n) is 6.75. The lowest BCUT2D eigenvalue weighted by Crippen LogP contribution is -2.25. The van der Waals surface area contributed by atoms with E-state index in [1.54, 1.807) is 24.5 Å². The van der Waals surface area contributed by atoms with Crippen LogP contribution in [0.5, 0.6) is 0 Å². The highest BCUT2D eigenvalue weighted by Gasteiger charge is 2.04. The van der Waals surface area contributed by atoms with Crippen LogP contribution in [-0.4, -0.2) is 17.4 Å². The average Bonchev–Trinajstić information content (AvgIpc) is 2.96. The van der Waals surface area contributed by atoms with Gasteiger partial charge in [-0.25, -0.2) is 4.98 Å². The van der Waals surface area contributed by atoms with Gasteiger partial charge in [0.1, 0.15) is 0 Å². The van der Waals surface area contributed by atoms with Crippen LogP contribution in [-0.2, 0) is 11.2 Å². The van der Waals surface area contributed by atoms with Crippen LogP contribution < -0.4 is 5.32 Å². The molecule has 0 aliphatic heterocycles. The highest BCUT2D eigenvalue weighted by atomic mass is 35.5. The monoisotopic (exact) mass is 320 g/mol. The smallest absolute Gasteiger partial charge is 0.246 e. The summed E-state index contributed by atoms with van der Waals surface area (Å²) in [7, 11) is 0. The first-order valence-corrected chi connectivity index (χ1v) is 8.01. The number of carbonyl (C=O) groups is 1. The first kappa shape index (κ1) is 15.7. The number of carbonyl (C=O) groups excluding carboxylic acids is 1. The lowest BCUT2D eigenvalue weighted by atomic mass is 10.1. The van der Waals surface area contributed by atoms with Gasteiger partial charge in [-0.15, -0.1) is 11.3 Å². The topological polar surface area (TPSA) is 42.0 Å². The maximum Gasteiger partial charge on any atom is 0.246 e. The van der Waals surface area contributed by atoms with Gasteiger partial charge in [-0.2, -0.15) is 0 Å². The van der Waals surface area contributed by atoms with E-state index in [4.69, 9.17) is 11.6 Å². The summed E-state index contributed by atoms with van der Waals surface area (Å²) in [6, 6.07) is 7.44. The van der Waals surface area contributed by atoms with E-state index in [2.05, 4.69) is 10.3 Å². The van der Waals surface area contributed by atoms with Gasteiger partial charge < -0.3 is 5.32 Å². The number of aromatic nitrogens is 1. The molecule has 0 aliphatic carbocycles. The van der Waals surface area contributed by atoms with Gasteiger partial charge in [-0.1, -0.05) is 23.7 Å². The first-order chi connectivity index (χ1) is 10.1. The summed E-state index contributed by atoms with van der Waals surface area (Å²) in [6.45, 7) is 2.45. The Morgan fingerprint density at radius 1 is 1.48 bits per heavy atom. The van der Waals surface area contributed by atoms with E-state index in [0.717, 1.165) is 23.4 Å². The molecule has 1 aromatic carbocycles. The second kappa shape index (κ2) is 7.96. The van der Waals surface area contributed by atoms with Gasteiger partial charge in [0.2, 0.25) is 5.91 Å². The summed E-state index contributed by atoms with van der Waals surface area (Å²) in [4.78, 5) is 16.2. The Morgan fingerprint density at radius 3 is 3.05 bits per heavy atom. The number of aryl methyl sites for hydroxylation is 1. The Kier molecular flexibility index (Phi) is 5.96. The number of thiazole rings is 1. The number of hydrogen-bond donors (Lipinski definition) is 1. The van der Waals surface area contributed by atoms with Crippen molar-refractivity contribution in [3.63, 3.8) is 0 Å². The van der Waals surface area contributed by atoms with E-state index in [0.29, 0.717) is 17.1 Å². The second-order valence-electron chi connectivity index (χ2n) is 4.67. The molecule has 1 N–H and O–H groups in total. The third-order valence-corrected chi connectivity index (χ3v) is 4.00. The molecule has 0 atom stereocenters. The molecular formula is C16H17ClN2OS. The van der Waals surface area contributed by atoms with Crippen molar-refractivity contribution in [2.24, 2.45) is 0 Å². The van der Waals surface area contributed by atoms with Crippen LogP contribution in [0.25, 0.3) is 6.08 Å². The van der Waals surface area contributed by atoms with Gasteiger partial charge in [0, 0.05) is 35.1 Å². The van der Waals surface area contributed by atoms with Crippen molar-refractivity contribution in [2.75, 3.05) is 6.54 Å². The molecule has 0 saturated carbocycles. The molecule has 0 bridgehead atoms. The third kappa shape index (κ3) is 5.33. The molecule has 2 aromatic rings. The maximum atomic E-state index is 12.0. The molecule has 0 aliphatic rings. The van der Waals surface area contributed by atoms with Gasteiger partial charge in [0.15, 0.2) is 0 Å². The molecule has 110 valence electrons. The van der Waals surface area contributed by atoms with Crippen molar-refractivity contribution in [3.05, 3.63) is 57.0 Å². The van der Waals surface area contributed by atoms with Gasteiger partial charge >= 0.3 is 0 Å². The van der Waals surface area contributed by atoms with Crippen molar-refractivity contribution >= 4 is 34.9 Å². The number of nitrogens with zero attached hydrogens (tertiary/aromatic N) is 1. The predicted molar refractivity (Wildman–Crippen MR) is 88.5 cm³/mol. The van der Waals surface area contributed by atoms with E-state index in [9.17, 15) is 4.79 Å². The van der Waals surface area contributed by atoms with E-state index in [1.165, 1.54) is 0 Å². The largest absolute Gasteiger partial charge is 0.352 e. The van der Waals surface area contributed by atoms with Crippen molar-refractivity contribution in [1.82, 2.24) is 10.3 Å². The molecule has 1 aromatic heterocycles. The number of amides is 1. The third-order valence-electron chi connectivity index (χ3n) is 2.93. The molecule has 0 fully saturated rings. The summed E-state index contributed by atoms with van der Waals surface area (Å²) in [6.07, 6.45) is 5.43. The highest BCUT2D eigenvalue weighted by molar-refractivity contribution is 7.09. The molecule has 1 amide bonds. The Bertz CT molecular complexity index is 623. The molecule has 0 unspecified atom stereocenters. The van der Waals surface area contributed by atoms with Gasteiger partial charge in [0.25, 0.3) is 0 Å². The van der Waals surface area contributed by atoms with E-state index in [1.807, 2.05) is 35.7 Å². The van der Waals surface area contributed by atoms with Crippen LogP contribution in [0.2, 0.25) is 5.02 Å². The molecule has 3 nitrogen and oxygen atoms in total. The molecule has 2 rings (SSSR count). The summed E-state index contributed by atoms with van der Waals surface area (Å²) >= 11 is 7.57. The lowest BCUT2D eigenvalue weighted by molar-refractivity contribution is -0.117. The molecule has 0 radical (unpaired) electrons. The number of hydrogen-bond acceptors (Lipinski definition) is 3. The van der Waals surface area contributed by atoms with Crippen LogP contribution in [0, 0.1) is 0 Å². The summed E-state index contributed by atoms with van der Waals surface area (Å²) in [5.41, 5.74) is 1.60. The predicted octanol–water partition coefficient (Wildman–Crippen LogP) is 3.95. The Labute approximate surface area is 133 Å². The molecular weight excluding hydrogens is 304 g/mol. The highest BCUT2D eigenvalue weighted by Crippen LogP contribution is 2.13. The summed E-state index contributed by atoms with van der Waals surface area (Å²) in [5, 5.41) is 6.65. The maximum absolute atomic E-state index is 12.0. The van der Waals surface area contributed by atoms with Crippen LogP contribution in [0.15, 0.2) is 41.4 Å². The van der Waals surface area contributed by atoms with Gasteiger partial charge in [-0.05, 0) is 37.1 Å². The normalized spacial score (nSPS) is 11.4. The second-order valence-corrected chi connectivity index (χ2v) is 6.08. The van der Waals surface area contributed by atoms with Crippen LogP contribution in [0.1, 0.15) is 23.9 Å². The fourth-order valence-corrected chi connectivity index (χ4v) is 2.73. The number of benzene rings is 1. The van der Waals surface area contributed by atoms with E-state index in [-0.39, 0.29) is 5.91 Å². The number of rotatable bonds is 6. The Balaban J connectivity index is 1.79. The Hall–Kier alpha value is -1.65. The molecule has 5 heteroatoms. The fourth-order valence-electron chi connectivity index (χ4n) is 1.87.